The topological polar surface area (TPSA) is 46.2 Å². The minimum absolute atomic E-state index is 0.0108. The number of benzene rings is 1. The lowest BCUT2D eigenvalue weighted by Gasteiger charge is -1.97. The van der Waals surface area contributed by atoms with Gasteiger partial charge < -0.3 is 5.32 Å². The highest BCUT2D eigenvalue weighted by Gasteiger charge is 1.97. The monoisotopic (exact) mass is 162 g/mol. The van der Waals surface area contributed by atoms with Gasteiger partial charge in [0.05, 0.1) is 0 Å². The van der Waals surface area contributed by atoms with Crippen molar-refractivity contribution in [2.45, 2.75) is 6.92 Å². The van der Waals surface area contributed by atoms with Gasteiger partial charge in [0.15, 0.2) is 5.78 Å². The van der Waals surface area contributed by atoms with Crippen LogP contribution in [0.2, 0.25) is 0 Å². The predicted molar refractivity (Wildman–Crippen MR) is 45.8 cm³/mol. The predicted octanol–water partition coefficient (Wildman–Crippen LogP) is 1.37. The zero-order valence-corrected chi connectivity index (χ0v) is 6.63. The molecule has 3 heteroatoms. The van der Waals surface area contributed by atoms with Crippen molar-refractivity contribution in [3.63, 3.8) is 0 Å². The molecule has 61 valence electrons. The molecule has 0 heterocycles. The maximum Gasteiger partial charge on any atom is 0.314 e. The van der Waals surface area contributed by atoms with Gasteiger partial charge in [-0.1, -0.05) is 0 Å². The molecule has 0 spiro atoms. The molecule has 0 aliphatic carbocycles. The average molecular weight is 162 g/mol. The second-order valence-corrected chi connectivity index (χ2v) is 2.36. The average Bonchev–Trinajstić information content (AvgIpc) is 2.06. The normalized spacial score (nSPS) is 9.08. The fraction of sp³-hybridized carbons (Fsp3) is 0.111. The van der Waals surface area contributed by atoms with Gasteiger partial charge in [-0.3, -0.25) is 9.59 Å². The molecule has 0 atom stereocenters. The summed E-state index contributed by atoms with van der Waals surface area (Å²) in [5.41, 5.74) is 1.27. The van der Waals surface area contributed by atoms with Gasteiger partial charge in [0.1, 0.15) is 0 Å². The third-order valence-corrected chi connectivity index (χ3v) is 1.49. The van der Waals surface area contributed by atoms with E-state index >= 15 is 0 Å². The van der Waals surface area contributed by atoms with E-state index < -0.39 is 0 Å². The van der Waals surface area contributed by atoms with Crippen LogP contribution in [0.15, 0.2) is 24.3 Å². The molecule has 1 amide bonds. The first-order valence-electron chi connectivity index (χ1n) is 3.48. The second kappa shape index (κ2) is 3.67. The van der Waals surface area contributed by atoms with Crippen LogP contribution in [-0.4, -0.2) is 12.2 Å². The lowest BCUT2D eigenvalue weighted by atomic mass is 10.1. The minimum atomic E-state index is 0.0108. The van der Waals surface area contributed by atoms with Gasteiger partial charge in [0, 0.05) is 11.3 Å². The van der Waals surface area contributed by atoms with Gasteiger partial charge in [0.25, 0.3) is 0 Å². The van der Waals surface area contributed by atoms with E-state index in [2.05, 4.69) is 5.32 Å². The lowest BCUT2D eigenvalue weighted by molar-refractivity contribution is 0.101. The molecule has 0 unspecified atom stereocenters. The number of hydrogen-bond donors (Lipinski definition) is 1. The van der Waals surface area contributed by atoms with Crippen LogP contribution in [0.3, 0.4) is 0 Å². The van der Waals surface area contributed by atoms with Crippen LogP contribution in [0.5, 0.6) is 0 Å². The van der Waals surface area contributed by atoms with E-state index in [0.29, 0.717) is 11.3 Å². The molecular weight excluding hydrogens is 154 g/mol. The van der Waals surface area contributed by atoms with Crippen LogP contribution < -0.4 is 5.32 Å². The van der Waals surface area contributed by atoms with Crippen LogP contribution >= 0.6 is 0 Å². The fourth-order valence-electron chi connectivity index (χ4n) is 0.847. The first kappa shape index (κ1) is 8.46. The highest BCUT2D eigenvalue weighted by Crippen LogP contribution is 2.08. The molecule has 0 bridgehead atoms. The SMILES string of the molecule is CC(=O)c1ccc(N[C]=O)cc1. The van der Waals surface area contributed by atoms with E-state index in [9.17, 15) is 9.59 Å². The summed E-state index contributed by atoms with van der Waals surface area (Å²) in [6.07, 6.45) is 1.55. The number of nitrogens with one attached hydrogen (secondary N) is 1. The van der Waals surface area contributed by atoms with Crippen molar-refractivity contribution in [3.8, 4) is 0 Å². The van der Waals surface area contributed by atoms with Crippen LogP contribution in [-0.2, 0) is 4.79 Å². The number of carbonyl (C=O) groups excluding carboxylic acids is 2. The van der Waals surface area contributed by atoms with E-state index in [0.717, 1.165) is 0 Å². The highest BCUT2D eigenvalue weighted by atomic mass is 16.1. The smallest absolute Gasteiger partial charge is 0.314 e. The summed E-state index contributed by atoms with van der Waals surface area (Å²) in [6.45, 7) is 1.49. The Bertz CT molecular complexity index is 290. The number of rotatable bonds is 3. The van der Waals surface area contributed by atoms with Crippen molar-refractivity contribution >= 4 is 17.9 Å². The standard InChI is InChI=1S/C9H8NO2/c1-7(12)8-2-4-9(5-3-8)10-6-11/h2-5H,1H3,(H,10,11). The largest absolute Gasteiger partial charge is 0.318 e. The Morgan fingerprint density at radius 2 is 1.92 bits per heavy atom. The van der Waals surface area contributed by atoms with Gasteiger partial charge in [-0.25, -0.2) is 0 Å². The summed E-state index contributed by atoms with van der Waals surface area (Å²) in [5, 5.41) is 2.36. The van der Waals surface area contributed by atoms with Crippen molar-refractivity contribution in [1.82, 2.24) is 0 Å². The molecule has 0 aromatic heterocycles. The number of Topliss-reactive ketones (excluding diaryl/α,β-unsaturated/α-hetero) is 1. The Labute approximate surface area is 70.4 Å². The van der Waals surface area contributed by atoms with E-state index in [-0.39, 0.29) is 5.78 Å². The van der Waals surface area contributed by atoms with Crippen LogP contribution in [0, 0.1) is 0 Å². The van der Waals surface area contributed by atoms with E-state index in [1.54, 1.807) is 30.7 Å². The maximum absolute atomic E-state index is 10.8. The molecule has 1 aromatic rings. The molecule has 0 aliphatic heterocycles. The van der Waals surface area contributed by atoms with Gasteiger partial charge in [0.2, 0.25) is 0 Å². The van der Waals surface area contributed by atoms with E-state index in [1.807, 2.05) is 0 Å². The minimum Gasteiger partial charge on any atom is -0.318 e. The quantitative estimate of drug-likeness (QED) is 0.539. The summed E-state index contributed by atoms with van der Waals surface area (Å²) in [6, 6.07) is 6.62. The van der Waals surface area contributed by atoms with Crippen LogP contribution in [0.25, 0.3) is 0 Å². The third kappa shape index (κ3) is 1.92. The Kier molecular flexibility index (Phi) is 2.58. The molecule has 0 saturated carbocycles. The number of hydrogen-bond acceptors (Lipinski definition) is 2. The van der Waals surface area contributed by atoms with Crippen molar-refractivity contribution in [2.75, 3.05) is 5.32 Å². The molecule has 0 aliphatic rings. The summed E-state index contributed by atoms with van der Waals surface area (Å²) >= 11 is 0. The number of anilines is 1. The van der Waals surface area contributed by atoms with E-state index in [1.165, 1.54) is 6.92 Å². The first-order valence-corrected chi connectivity index (χ1v) is 3.48. The fourth-order valence-corrected chi connectivity index (χ4v) is 0.847. The van der Waals surface area contributed by atoms with Crippen molar-refractivity contribution in [3.05, 3.63) is 29.8 Å². The Hall–Kier alpha value is -1.64. The summed E-state index contributed by atoms with van der Waals surface area (Å²) in [4.78, 5) is 20.7. The molecule has 0 saturated heterocycles. The Balaban J connectivity index is 2.85. The molecule has 0 fully saturated rings. The number of ketones is 1. The zero-order valence-electron chi connectivity index (χ0n) is 6.63. The summed E-state index contributed by atoms with van der Waals surface area (Å²) in [5.74, 6) is 0.0108. The van der Waals surface area contributed by atoms with Gasteiger partial charge in [-0.15, -0.1) is 0 Å². The summed E-state index contributed by atoms with van der Waals surface area (Å²) in [7, 11) is 0. The molecule has 1 radical (unpaired) electrons. The first-order chi connectivity index (χ1) is 5.74. The van der Waals surface area contributed by atoms with Crippen molar-refractivity contribution in [1.29, 1.82) is 0 Å². The lowest BCUT2D eigenvalue weighted by Crippen LogP contribution is -1.95. The number of amides is 1. The zero-order chi connectivity index (χ0) is 8.97. The molecule has 1 N–H and O–H groups in total. The molecule has 12 heavy (non-hydrogen) atoms. The molecule has 1 rings (SSSR count). The van der Waals surface area contributed by atoms with E-state index in [4.69, 9.17) is 0 Å². The summed E-state index contributed by atoms with van der Waals surface area (Å²) < 4.78 is 0. The highest BCUT2D eigenvalue weighted by molar-refractivity contribution is 5.94. The number of carbonyl (C=O) groups is 1. The maximum atomic E-state index is 10.8. The molecule has 1 aromatic carbocycles. The molecular formula is C9H8NO2. The van der Waals surface area contributed by atoms with Crippen molar-refractivity contribution in [2.24, 2.45) is 0 Å². The van der Waals surface area contributed by atoms with Gasteiger partial charge in [-0.05, 0) is 31.2 Å². The Morgan fingerprint density at radius 1 is 1.33 bits per heavy atom. The Morgan fingerprint density at radius 3 is 2.33 bits per heavy atom. The molecule has 3 nitrogen and oxygen atoms in total. The van der Waals surface area contributed by atoms with Crippen LogP contribution in [0.4, 0.5) is 5.69 Å². The second-order valence-electron chi connectivity index (χ2n) is 2.36. The van der Waals surface area contributed by atoms with Gasteiger partial charge in [-0.2, -0.15) is 0 Å². The third-order valence-electron chi connectivity index (χ3n) is 1.49. The van der Waals surface area contributed by atoms with Crippen molar-refractivity contribution < 1.29 is 9.59 Å². The van der Waals surface area contributed by atoms with Gasteiger partial charge >= 0.3 is 6.41 Å². The van der Waals surface area contributed by atoms with Crippen LogP contribution in [0.1, 0.15) is 17.3 Å².